The number of hydrogen-bond donors (Lipinski definition) is 0. The lowest BCUT2D eigenvalue weighted by atomic mass is 9.91. The number of fused-ring (bicyclic) bond motifs is 9. The molecule has 41 heavy (non-hydrogen) atoms. The van der Waals surface area contributed by atoms with E-state index >= 15 is 0 Å². The number of furan rings is 1. The average Bonchev–Trinajstić information content (AvgIpc) is 3.43. The Bertz CT molecular complexity index is 2420. The monoisotopic (exact) mass is 522 g/mol. The third-order valence-electron chi connectivity index (χ3n) is 7.82. The van der Waals surface area contributed by atoms with Gasteiger partial charge in [-0.3, -0.25) is 0 Å². The molecule has 0 bridgehead atoms. The molecule has 0 atom stereocenters. The lowest BCUT2D eigenvalue weighted by Crippen LogP contribution is -1.92. The van der Waals surface area contributed by atoms with E-state index in [1.807, 2.05) is 36.4 Å². The largest absolute Gasteiger partial charge is 0.437 e. The normalized spacial score (nSPS) is 11.4. The predicted octanol–water partition coefficient (Wildman–Crippen LogP) is 8.91. The van der Waals surface area contributed by atoms with Crippen LogP contribution in [0.4, 0.5) is 0 Å². The minimum Gasteiger partial charge on any atom is -0.437 e. The van der Waals surface area contributed by atoms with E-state index in [1.54, 1.807) is 0 Å². The molecule has 2 heterocycles. The summed E-state index contributed by atoms with van der Waals surface area (Å²) >= 11 is 0. The standard InChI is InChI=1S/C36H18N4O/c37-19-32-34-30-14-6-13-24(35(30)41-36(34)40-33(20-38)39-32)23-8-5-7-21(17-23)22-15-16-29-27-11-2-1-9-25(27)26-10-3-4-12-28(26)31(29)18-22/h1-18H. The third kappa shape index (κ3) is 3.40. The molecule has 0 N–H and O–H groups in total. The Morgan fingerprint density at radius 1 is 0.512 bits per heavy atom. The van der Waals surface area contributed by atoms with Crippen LogP contribution in [-0.4, -0.2) is 9.97 Å². The van der Waals surface area contributed by atoms with Crippen LogP contribution in [0.15, 0.2) is 114 Å². The molecule has 0 aliphatic carbocycles. The lowest BCUT2D eigenvalue weighted by molar-refractivity contribution is 0.652. The Morgan fingerprint density at radius 3 is 1.83 bits per heavy atom. The summed E-state index contributed by atoms with van der Waals surface area (Å²) in [6, 6.07) is 42.0. The second-order valence-electron chi connectivity index (χ2n) is 10.0. The minimum absolute atomic E-state index is 0.0896. The van der Waals surface area contributed by atoms with Gasteiger partial charge >= 0.3 is 0 Å². The van der Waals surface area contributed by atoms with Crippen LogP contribution in [0.25, 0.3) is 76.6 Å². The number of rotatable bonds is 2. The highest BCUT2D eigenvalue weighted by molar-refractivity contribution is 6.25. The van der Waals surface area contributed by atoms with Crippen LogP contribution in [0.5, 0.6) is 0 Å². The first-order chi connectivity index (χ1) is 20.2. The number of benzene rings is 6. The molecule has 8 aromatic rings. The van der Waals surface area contributed by atoms with Crippen molar-refractivity contribution >= 4 is 54.4 Å². The van der Waals surface area contributed by atoms with Crippen molar-refractivity contribution in [3.05, 3.63) is 121 Å². The summed E-state index contributed by atoms with van der Waals surface area (Å²) in [5.41, 5.74) is 5.03. The molecule has 0 unspecified atom stereocenters. The molecule has 0 fully saturated rings. The van der Waals surface area contributed by atoms with Crippen molar-refractivity contribution in [3.63, 3.8) is 0 Å². The van der Waals surface area contributed by atoms with Crippen LogP contribution in [0, 0.1) is 22.7 Å². The van der Waals surface area contributed by atoms with Gasteiger partial charge in [-0.05, 0) is 61.1 Å². The van der Waals surface area contributed by atoms with Crippen LogP contribution in [0.1, 0.15) is 11.5 Å². The summed E-state index contributed by atoms with van der Waals surface area (Å²) in [6.45, 7) is 0. The second kappa shape index (κ2) is 8.74. The molecule has 188 valence electrons. The SMILES string of the molecule is N#Cc1nc(C#N)c2c(n1)oc1c(-c3cccc(-c4ccc5c6ccccc6c6ccccc6c5c4)c3)cccc12. The molecule has 0 spiro atoms. The van der Waals surface area contributed by atoms with Gasteiger partial charge < -0.3 is 4.42 Å². The van der Waals surface area contributed by atoms with E-state index in [0.717, 1.165) is 27.6 Å². The maximum atomic E-state index is 9.69. The first-order valence-corrected chi connectivity index (χ1v) is 13.2. The molecule has 8 rings (SSSR count). The van der Waals surface area contributed by atoms with Crippen molar-refractivity contribution in [2.45, 2.75) is 0 Å². The van der Waals surface area contributed by atoms with Crippen molar-refractivity contribution in [1.82, 2.24) is 9.97 Å². The van der Waals surface area contributed by atoms with E-state index in [0.29, 0.717) is 11.0 Å². The fraction of sp³-hybridized carbons (Fsp3) is 0. The average molecular weight is 523 g/mol. The lowest BCUT2D eigenvalue weighted by Gasteiger charge is -2.12. The van der Waals surface area contributed by atoms with Gasteiger partial charge in [-0.2, -0.15) is 15.5 Å². The number of nitriles is 2. The molecule has 0 aliphatic rings. The molecule has 2 aromatic heterocycles. The highest BCUT2D eigenvalue weighted by atomic mass is 16.3. The van der Waals surface area contributed by atoms with Crippen molar-refractivity contribution in [2.24, 2.45) is 0 Å². The molecule has 0 saturated carbocycles. The van der Waals surface area contributed by atoms with Gasteiger partial charge in [0.25, 0.3) is 0 Å². The Morgan fingerprint density at radius 2 is 1.12 bits per heavy atom. The molecule has 0 amide bonds. The Kier molecular flexibility index (Phi) is 4.88. The van der Waals surface area contributed by atoms with Gasteiger partial charge in [0.15, 0.2) is 5.69 Å². The fourth-order valence-corrected chi connectivity index (χ4v) is 6.01. The minimum atomic E-state index is -0.0896. The van der Waals surface area contributed by atoms with Crippen LogP contribution in [0.2, 0.25) is 0 Å². The molecule has 0 saturated heterocycles. The maximum Gasteiger partial charge on any atom is 0.236 e. The molecular formula is C36H18N4O. The van der Waals surface area contributed by atoms with Gasteiger partial charge in [0.2, 0.25) is 11.5 Å². The zero-order chi connectivity index (χ0) is 27.5. The number of para-hydroxylation sites is 1. The predicted molar refractivity (Wildman–Crippen MR) is 162 cm³/mol. The summed E-state index contributed by atoms with van der Waals surface area (Å²) in [4.78, 5) is 8.31. The van der Waals surface area contributed by atoms with E-state index in [-0.39, 0.29) is 17.2 Å². The van der Waals surface area contributed by atoms with Gasteiger partial charge in [0.1, 0.15) is 17.7 Å². The highest BCUT2D eigenvalue weighted by Gasteiger charge is 2.19. The van der Waals surface area contributed by atoms with E-state index in [9.17, 15) is 10.5 Å². The maximum absolute atomic E-state index is 9.69. The number of aromatic nitrogens is 2. The van der Waals surface area contributed by atoms with Gasteiger partial charge in [-0.1, -0.05) is 97.1 Å². The second-order valence-corrected chi connectivity index (χ2v) is 10.0. The van der Waals surface area contributed by atoms with Gasteiger partial charge in [0.05, 0.1) is 5.39 Å². The van der Waals surface area contributed by atoms with Crippen molar-refractivity contribution in [3.8, 4) is 34.4 Å². The van der Waals surface area contributed by atoms with Gasteiger partial charge in [-0.15, -0.1) is 0 Å². The van der Waals surface area contributed by atoms with Crippen LogP contribution in [-0.2, 0) is 0 Å². The topological polar surface area (TPSA) is 86.5 Å². The first-order valence-electron chi connectivity index (χ1n) is 13.2. The summed E-state index contributed by atoms with van der Waals surface area (Å²) in [6.07, 6.45) is 0. The van der Waals surface area contributed by atoms with E-state index < -0.39 is 0 Å². The molecular weight excluding hydrogens is 504 g/mol. The zero-order valence-corrected chi connectivity index (χ0v) is 21.6. The Labute approximate surface area is 234 Å². The zero-order valence-electron chi connectivity index (χ0n) is 21.6. The summed E-state index contributed by atoms with van der Waals surface area (Å²) in [7, 11) is 0. The fourth-order valence-electron chi connectivity index (χ4n) is 6.01. The van der Waals surface area contributed by atoms with E-state index in [2.05, 4.69) is 94.9 Å². The number of nitrogens with zero attached hydrogens (tertiary/aromatic N) is 4. The quantitative estimate of drug-likeness (QED) is 0.212. The van der Waals surface area contributed by atoms with E-state index in [1.165, 1.54) is 32.3 Å². The van der Waals surface area contributed by atoms with Crippen LogP contribution < -0.4 is 0 Å². The summed E-state index contributed by atoms with van der Waals surface area (Å²) < 4.78 is 6.16. The van der Waals surface area contributed by atoms with Crippen molar-refractivity contribution < 1.29 is 4.42 Å². The summed E-state index contributed by atoms with van der Waals surface area (Å²) in [5, 5.41) is 27.7. The molecule has 0 radical (unpaired) electrons. The first kappa shape index (κ1) is 22.9. The Balaban J connectivity index is 1.33. The van der Waals surface area contributed by atoms with Gasteiger partial charge in [0, 0.05) is 10.9 Å². The smallest absolute Gasteiger partial charge is 0.236 e. The molecule has 0 aliphatic heterocycles. The van der Waals surface area contributed by atoms with Crippen LogP contribution in [0.3, 0.4) is 0 Å². The van der Waals surface area contributed by atoms with Crippen LogP contribution >= 0.6 is 0 Å². The number of hydrogen-bond acceptors (Lipinski definition) is 5. The Hall–Kier alpha value is -6.04. The molecule has 6 aromatic carbocycles. The molecule has 5 nitrogen and oxygen atoms in total. The van der Waals surface area contributed by atoms with Gasteiger partial charge in [-0.25, -0.2) is 4.98 Å². The third-order valence-corrected chi connectivity index (χ3v) is 7.82. The summed E-state index contributed by atoms with van der Waals surface area (Å²) in [5.74, 6) is -0.0896. The molecule has 5 heteroatoms. The van der Waals surface area contributed by atoms with Crippen molar-refractivity contribution in [2.75, 3.05) is 0 Å². The van der Waals surface area contributed by atoms with E-state index in [4.69, 9.17) is 4.42 Å². The van der Waals surface area contributed by atoms with Crippen molar-refractivity contribution in [1.29, 1.82) is 10.5 Å². The highest BCUT2D eigenvalue weighted by Crippen LogP contribution is 2.39.